The highest BCUT2D eigenvalue weighted by molar-refractivity contribution is 7.92. The Labute approximate surface area is 436 Å². The number of sulfonamides is 1. The average Bonchev–Trinajstić information content (AvgIpc) is 3.40. The topological polar surface area (TPSA) is 152 Å². The van der Waals surface area contributed by atoms with E-state index in [9.17, 15) is 18.0 Å². The standard InChI is InChI=1S/C59H71ClN6O6S/c1-3-5-6-7-8-9-10-11-12-13-14-15-16-17-18-26-40-72-55-38-36-47(73(70,71)64-51-34-25-23-32-49(51)60)42-52(55)63-58(68)56(61-46-35-37-53-45(41-46)30-27-39-65(53)4-2)57-62-50-33-24-22-31-48(50)59(69)66(57)43-54(67)44-28-20-19-21-29-44/h19-25,28-29,31-38,41-42,64H,3-18,26-27,30,39-40,43H2,1-2H3,(H,63,68)/b61-56-. The maximum atomic E-state index is 15.2. The molecule has 6 aromatic rings. The number of fused-ring (bicyclic) bond motifs is 2. The Morgan fingerprint density at radius 1 is 0.726 bits per heavy atom. The van der Waals surface area contributed by atoms with Crippen molar-refractivity contribution in [1.29, 1.82) is 0 Å². The number of Topliss-reactive ketones (excluding diaryl/α,β-unsaturated/α-hetero) is 1. The first-order valence-corrected chi connectivity index (χ1v) is 28.3. The van der Waals surface area contributed by atoms with E-state index < -0.39 is 28.0 Å². The number of benzene rings is 5. The molecule has 386 valence electrons. The number of carbonyl (C=O) groups is 2. The van der Waals surface area contributed by atoms with E-state index in [1.54, 1.807) is 78.9 Å². The molecule has 5 aromatic carbocycles. The number of ketones is 1. The molecular formula is C59H71ClN6O6S. The smallest absolute Gasteiger partial charge is 0.278 e. The lowest BCUT2D eigenvalue weighted by atomic mass is 10.0. The van der Waals surface area contributed by atoms with Gasteiger partial charge in [-0.2, -0.15) is 0 Å². The van der Waals surface area contributed by atoms with Crippen LogP contribution in [0.1, 0.15) is 145 Å². The van der Waals surface area contributed by atoms with E-state index in [1.807, 2.05) is 18.2 Å². The number of aromatic nitrogens is 2. The van der Waals surface area contributed by atoms with Gasteiger partial charge in [0.1, 0.15) is 5.75 Å². The molecule has 1 aliphatic rings. The average molecular weight is 1030 g/mol. The van der Waals surface area contributed by atoms with Gasteiger partial charge < -0.3 is 15.0 Å². The summed E-state index contributed by atoms with van der Waals surface area (Å²) in [6.07, 6.45) is 21.5. The Morgan fingerprint density at radius 2 is 1.37 bits per heavy atom. The molecule has 1 aromatic heterocycles. The first kappa shape index (κ1) is 54.5. The number of ether oxygens (including phenoxy) is 1. The summed E-state index contributed by atoms with van der Waals surface area (Å²) < 4.78 is 38.1. The zero-order chi connectivity index (χ0) is 51.4. The summed E-state index contributed by atoms with van der Waals surface area (Å²) in [7, 11) is -4.25. The molecule has 0 saturated heterocycles. The largest absolute Gasteiger partial charge is 0.491 e. The molecule has 0 spiro atoms. The van der Waals surface area contributed by atoms with Crippen LogP contribution in [0.2, 0.25) is 5.02 Å². The van der Waals surface area contributed by atoms with Gasteiger partial charge in [-0.25, -0.2) is 18.4 Å². The zero-order valence-electron chi connectivity index (χ0n) is 42.6. The number of carbonyl (C=O) groups excluding carboxylic acids is 2. The molecule has 0 saturated carbocycles. The third kappa shape index (κ3) is 15.4. The lowest BCUT2D eigenvalue weighted by Gasteiger charge is -2.30. The Hall–Kier alpha value is -6.31. The molecule has 0 atom stereocenters. The molecule has 0 radical (unpaired) electrons. The van der Waals surface area contributed by atoms with Gasteiger partial charge in [0.15, 0.2) is 17.3 Å². The van der Waals surface area contributed by atoms with Gasteiger partial charge in [0, 0.05) is 24.3 Å². The fraction of sp³-hybridized carbons (Fsp3) is 0.407. The van der Waals surface area contributed by atoms with Gasteiger partial charge in [0.05, 0.1) is 51.0 Å². The SMILES string of the molecule is CCCCCCCCCCCCCCCCCCOc1ccc(S(=O)(=O)Nc2ccccc2Cl)cc1NC(=O)/C(=N\c1ccc2c(c1)CCCN2CC)c1nc2ccccc2c(=O)n1CC(=O)c1ccccc1. The van der Waals surface area contributed by atoms with E-state index in [0.717, 1.165) is 62.9 Å². The fourth-order valence-electron chi connectivity index (χ4n) is 9.41. The summed E-state index contributed by atoms with van der Waals surface area (Å²) in [5.41, 5.74) is 2.70. The molecule has 0 fully saturated rings. The van der Waals surface area contributed by atoms with Crippen molar-refractivity contribution in [3.05, 3.63) is 148 Å². The number of halogens is 1. The highest BCUT2D eigenvalue weighted by Crippen LogP contribution is 2.33. The van der Waals surface area contributed by atoms with Crippen molar-refractivity contribution in [2.75, 3.05) is 34.6 Å². The molecule has 73 heavy (non-hydrogen) atoms. The first-order chi connectivity index (χ1) is 35.6. The summed E-state index contributed by atoms with van der Waals surface area (Å²) >= 11 is 6.37. The van der Waals surface area contributed by atoms with Gasteiger partial charge in [-0.3, -0.25) is 23.7 Å². The van der Waals surface area contributed by atoms with Crippen LogP contribution >= 0.6 is 11.6 Å². The Balaban J connectivity index is 1.16. The van der Waals surface area contributed by atoms with Crippen molar-refractivity contribution < 1.29 is 22.7 Å². The summed E-state index contributed by atoms with van der Waals surface area (Å²) in [6.45, 7) is 6.01. The minimum atomic E-state index is -4.25. The van der Waals surface area contributed by atoms with Gasteiger partial charge in [-0.15, -0.1) is 0 Å². The molecule has 14 heteroatoms. The summed E-state index contributed by atoms with van der Waals surface area (Å²) in [6, 6.07) is 31.9. The van der Waals surface area contributed by atoms with E-state index in [0.29, 0.717) is 23.4 Å². The molecule has 12 nitrogen and oxygen atoms in total. The van der Waals surface area contributed by atoms with Crippen molar-refractivity contribution >= 4 is 72.7 Å². The second kappa shape index (κ2) is 27.7. The Kier molecular flexibility index (Phi) is 20.6. The highest BCUT2D eigenvalue weighted by Gasteiger charge is 2.27. The van der Waals surface area contributed by atoms with Crippen molar-refractivity contribution in [3.8, 4) is 5.75 Å². The van der Waals surface area contributed by atoms with E-state index in [4.69, 9.17) is 26.3 Å². The maximum absolute atomic E-state index is 15.2. The van der Waals surface area contributed by atoms with Gasteiger partial charge >= 0.3 is 0 Å². The fourth-order valence-corrected chi connectivity index (χ4v) is 10.8. The number of rotatable bonds is 29. The molecular weight excluding hydrogens is 956 g/mol. The molecule has 0 unspecified atom stereocenters. The maximum Gasteiger partial charge on any atom is 0.278 e. The predicted molar refractivity (Wildman–Crippen MR) is 298 cm³/mol. The summed E-state index contributed by atoms with van der Waals surface area (Å²) in [5.74, 6) is -1.08. The third-order valence-corrected chi connectivity index (χ3v) is 15.2. The summed E-state index contributed by atoms with van der Waals surface area (Å²) in [4.78, 5) is 55.6. The van der Waals surface area contributed by atoms with Gasteiger partial charge in [-0.1, -0.05) is 169 Å². The van der Waals surface area contributed by atoms with Gasteiger partial charge in [0.25, 0.3) is 21.5 Å². The second-order valence-corrected chi connectivity index (χ2v) is 21.0. The number of aliphatic imine (C=N–C) groups is 1. The van der Waals surface area contributed by atoms with Gasteiger partial charge in [0.2, 0.25) is 0 Å². The normalized spacial score (nSPS) is 12.7. The quantitative estimate of drug-likeness (QED) is 0.0268. The van der Waals surface area contributed by atoms with Gasteiger partial charge in [-0.05, 0) is 92.4 Å². The Morgan fingerprint density at radius 3 is 2.05 bits per heavy atom. The number of nitrogens with one attached hydrogen (secondary N) is 2. The van der Waals surface area contributed by atoms with Crippen LogP contribution in [0.5, 0.6) is 5.75 Å². The third-order valence-electron chi connectivity index (χ3n) is 13.5. The van der Waals surface area contributed by atoms with Crippen LogP contribution in [-0.2, 0) is 27.8 Å². The van der Waals surface area contributed by atoms with Crippen LogP contribution < -0.4 is 25.2 Å². The van der Waals surface area contributed by atoms with Crippen LogP contribution in [-0.4, -0.2) is 55.1 Å². The van der Waals surface area contributed by atoms with E-state index in [2.05, 4.69) is 28.8 Å². The lowest BCUT2D eigenvalue weighted by molar-refractivity contribution is -0.110. The second-order valence-electron chi connectivity index (χ2n) is 18.9. The zero-order valence-corrected chi connectivity index (χ0v) is 44.1. The molecule has 0 bridgehead atoms. The van der Waals surface area contributed by atoms with Crippen molar-refractivity contribution in [2.24, 2.45) is 4.99 Å². The van der Waals surface area contributed by atoms with E-state index >= 15 is 4.79 Å². The molecule has 7 rings (SSSR count). The highest BCUT2D eigenvalue weighted by atomic mass is 35.5. The minimum absolute atomic E-state index is 0.0512. The number of hydrogen-bond acceptors (Lipinski definition) is 9. The molecule has 2 heterocycles. The molecule has 1 aliphatic heterocycles. The number of hydrogen-bond donors (Lipinski definition) is 2. The number of aryl methyl sites for hydroxylation is 1. The number of nitrogens with zero attached hydrogens (tertiary/aromatic N) is 4. The number of amides is 1. The Bertz CT molecular complexity index is 3000. The van der Waals surface area contributed by atoms with Crippen LogP contribution in [0, 0.1) is 0 Å². The van der Waals surface area contributed by atoms with E-state index in [1.165, 1.54) is 99.8 Å². The number of unbranched alkanes of at least 4 members (excludes halogenated alkanes) is 15. The predicted octanol–water partition coefficient (Wildman–Crippen LogP) is 13.9. The summed E-state index contributed by atoms with van der Waals surface area (Å²) in [5, 5.41) is 3.39. The van der Waals surface area contributed by atoms with Crippen molar-refractivity contribution in [1.82, 2.24) is 9.55 Å². The molecule has 0 aliphatic carbocycles. The van der Waals surface area contributed by atoms with Crippen LogP contribution in [0.15, 0.2) is 130 Å². The first-order valence-electron chi connectivity index (χ1n) is 26.5. The van der Waals surface area contributed by atoms with Crippen LogP contribution in [0.25, 0.3) is 10.9 Å². The van der Waals surface area contributed by atoms with E-state index in [-0.39, 0.29) is 49.7 Å². The molecule has 2 N–H and O–H groups in total. The number of para-hydroxylation sites is 2. The van der Waals surface area contributed by atoms with Crippen molar-refractivity contribution in [3.63, 3.8) is 0 Å². The monoisotopic (exact) mass is 1030 g/mol. The van der Waals surface area contributed by atoms with Crippen molar-refractivity contribution in [2.45, 2.75) is 141 Å². The van der Waals surface area contributed by atoms with Crippen LogP contribution in [0.4, 0.5) is 22.7 Å². The molecule has 1 amide bonds. The number of anilines is 3. The van der Waals surface area contributed by atoms with Crippen LogP contribution in [0.3, 0.4) is 0 Å². The lowest BCUT2D eigenvalue weighted by Crippen LogP contribution is -2.35. The minimum Gasteiger partial charge on any atom is -0.491 e.